The van der Waals surface area contributed by atoms with Crippen molar-refractivity contribution in [3.8, 4) is 0 Å². The van der Waals surface area contributed by atoms with Crippen LogP contribution in [0.1, 0.15) is 48.2 Å². The zero-order valence-electron chi connectivity index (χ0n) is 17.3. The van der Waals surface area contributed by atoms with Gasteiger partial charge in [0.15, 0.2) is 0 Å². The van der Waals surface area contributed by atoms with Gasteiger partial charge in [0.25, 0.3) is 5.91 Å². The van der Waals surface area contributed by atoms with Gasteiger partial charge in [-0.3, -0.25) is 19.6 Å². The maximum atomic E-state index is 12.6. The molecule has 1 aromatic heterocycles. The number of aryl methyl sites for hydroxylation is 2. The standard InChI is InChI=1S/C22H27N5O3/c1-14-10-15(2)27(26-14)13-17-5-3-4-16(11-17)12-23-19(28)18-6-8-22(9-7-18)20(29)24-21(30)25-22/h3-5,10-11,18H,6-9,12-13H2,1-2H3,(H,23,28)(H2,24,25,29,30). The van der Waals surface area contributed by atoms with Crippen LogP contribution in [0.4, 0.5) is 4.79 Å². The number of imide groups is 1. The second kappa shape index (κ2) is 7.93. The highest BCUT2D eigenvalue weighted by atomic mass is 16.2. The maximum Gasteiger partial charge on any atom is 0.322 e. The molecule has 158 valence electrons. The van der Waals surface area contributed by atoms with Crippen molar-refractivity contribution >= 4 is 17.8 Å². The van der Waals surface area contributed by atoms with E-state index in [0.717, 1.165) is 22.5 Å². The van der Waals surface area contributed by atoms with E-state index in [-0.39, 0.29) is 17.7 Å². The Balaban J connectivity index is 1.31. The third-order valence-corrected chi connectivity index (χ3v) is 6.12. The molecule has 1 saturated carbocycles. The Morgan fingerprint density at radius 3 is 2.57 bits per heavy atom. The largest absolute Gasteiger partial charge is 0.352 e. The zero-order valence-corrected chi connectivity index (χ0v) is 17.3. The fraction of sp³-hybridized carbons (Fsp3) is 0.455. The van der Waals surface area contributed by atoms with E-state index < -0.39 is 11.6 Å². The summed E-state index contributed by atoms with van der Waals surface area (Å²) in [6, 6.07) is 9.75. The second-order valence-corrected chi connectivity index (χ2v) is 8.39. The third kappa shape index (κ3) is 4.08. The van der Waals surface area contributed by atoms with Gasteiger partial charge in [0.05, 0.1) is 12.2 Å². The molecule has 4 rings (SSSR count). The van der Waals surface area contributed by atoms with E-state index in [9.17, 15) is 14.4 Å². The molecular weight excluding hydrogens is 382 g/mol. The molecule has 30 heavy (non-hydrogen) atoms. The molecule has 8 nitrogen and oxygen atoms in total. The maximum absolute atomic E-state index is 12.6. The molecule has 2 aromatic rings. The molecule has 1 aromatic carbocycles. The van der Waals surface area contributed by atoms with Gasteiger partial charge in [-0.15, -0.1) is 0 Å². The summed E-state index contributed by atoms with van der Waals surface area (Å²) in [6.07, 6.45) is 2.14. The van der Waals surface area contributed by atoms with Crippen LogP contribution in [0, 0.1) is 19.8 Å². The first-order chi connectivity index (χ1) is 14.3. The normalized spacial score (nSPS) is 23.3. The summed E-state index contributed by atoms with van der Waals surface area (Å²) in [4.78, 5) is 36.1. The minimum Gasteiger partial charge on any atom is -0.352 e. The molecule has 2 fully saturated rings. The van der Waals surface area contributed by atoms with E-state index in [1.165, 1.54) is 0 Å². The van der Waals surface area contributed by atoms with Crippen LogP contribution in [-0.2, 0) is 22.7 Å². The van der Waals surface area contributed by atoms with E-state index in [4.69, 9.17) is 0 Å². The topological polar surface area (TPSA) is 105 Å². The van der Waals surface area contributed by atoms with E-state index in [1.54, 1.807) is 0 Å². The lowest BCUT2D eigenvalue weighted by Gasteiger charge is -2.33. The summed E-state index contributed by atoms with van der Waals surface area (Å²) < 4.78 is 1.98. The summed E-state index contributed by atoms with van der Waals surface area (Å²) in [7, 11) is 0. The molecule has 1 saturated heterocycles. The van der Waals surface area contributed by atoms with E-state index in [0.29, 0.717) is 38.8 Å². The molecule has 1 aliphatic carbocycles. The smallest absolute Gasteiger partial charge is 0.322 e. The predicted octanol–water partition coefficient (Wildman–Crippen LogP) is 1.93. The molecular formula is C22H27N5O3. The highest BCUT2D eigenvalue weighted by Gasteiger charge is 2.48. The number of hydrogen-bond acceptors (Lipinski definition) is 4. The van der Waals surface area contributed by atoms with Crippen LogP contribution in [0.25, 0.3) is 0 Å². The Hall–Kier alpha value is -3.16. The fourth-order valence-corrected chi connectivity index (χ4v) is 4.43. The molecule has 3 N–H and O–H groups in total. The number of aromatic nitrogens is 2. The molecule has 0 unspecified atom stereocenters. The highest BCUT2D eigenvalue weighted by molar-refractivity contribution is 6.07. The molecule has 2 aliphatic rings. The Labute approximate surface area is 175 Å². The summed E-state index contributed by atoms with van der Waals surface area (Å²) >= 11 is 0. The Morgan fingerprint density at radius 2 is 1.93 bits per heavy atom. The fourth-order valence-electron chi connectivity index (χ4n) is 4.43. The van der Waals surface area contributed by atoms with E-state index in [2.05, 4.69) is 39.2 Å². The SMILES string of the molecule is Cc1cc(C)n(Cc2cccc(CNC(=O)C3CCC4(CC3)NC(=O)NC4=O)c2)n1. The predicted molar refractivity (Wildman–Crippen MR) is 110 cm³/mol. The lowest BCUT2D eigenvalue weighted by atomic mass is 9.76. The van der Waals surface area contributed by atoms with Gasteiger partial charge < -0.3 is 10.6 Å². The van der Waals surface area contributed by atoms with Crippen molar-refractivity contribution in [2.75, 3.05) is 0 Å². The number of urea groups is 1. The Morgan fingerprint density at radius 1 is 1.20 bits per heavy atom. The zero-order chi connectivity index (χ0) is 21.3. The van der Waals surface area contributed by atoms with Gasteiger partial charge in [-0.25, -0.2) is 4.79 Å². The van der Waals surface area contributed by atoms with E-state index >= 15 is 0 Å². The molecule has 4 amide bonds. The van der Waals surface area contributed by atoms with Crippen molar-refractivity contribution in [3.63, 3.8) is 0 Å². The van der Waals surface area contributed by atoms with Gasteiger partial charge in [-0.1, -0.05) is 24.3 Å². The number of carbonyl (C=O) groups excluding carboxylic acids is 3. The van der Waals surface area contributed by atoms with Crippen LogP contribution in [0.3, 0.4) is 0 Å². The van der Waals surface area contributed by atoms with Crippen molar-refractivity contribution in [2.45, 2.75) is 58.2 Å². The van der Waals surface area contributed by atoms with Crippen molar-refractivity contribution in [2.24, 2.45) is 5.92 Å². The van der Waals surface area contributed by atoms with Crippen LogP contribution < -0.4 is 16.0 Å². The van der Waals surface area contributed by atoms with Gasteiger partial charge in [-0.05, 0) is 56.7 Å². The number of amides is 4. The van der Waals surface area contributed by atoms with Gasteiger partial charge >= 0.3 is 6.03 Å². The molecule has 0 radical (unpaired) electrons. The minimum atomic E-state index is -0.828. The number of hydrogen-bond donors (Lipinski definition) is 3. The molecule has 1 aliphatic heterocycles. The second-order valence-electron chi connectivity index (χ2n) is 8.39. The summed E-state index contributed by atoms with van der Waals surface area (Å²) in [5.41, 5.74) is 3.46. The van der Waals surface area contributed by atoms with Gasteiger partial charge in [0.1, 0.15) is 5.54 Å². The van der Waals surface area contributed by atoms with Crippen LogP contribution in [0.15, 0.2) is 30.3 Å². The van der Waals surface area contributed by atoms with Crippen molar-refractivity contribution < 1.29 is 14.4 Å². The van der Waals surface area contributed by atoms with Crippen LogP contribution in [0.2, 0.25) is 0 Å². The quantitative estimate of drug-likeness (QED) is 0.656. The number of carbonyl (C=O) groups is 3. The first-order valence-electron chi connectivity index (χ1n) is 10.3. The van der Waals surface area contributed by atoms with E-state index in [1.807, 2.05) is 30.7 Å². The Kier molecular flexibility index (Phi) is 5.32. The van der Waals surface area contributed by atoms with Crippen molar-refractivity contribution in [1.29, 1.82) is 0 Å². The highest BCUT2D eigenvalue weighted by Crippen LogP contribution is 2.34. The van der Waals surface area contributed by atoms with Gasteiger partial charge in [0, 0.05) is 18.2 Å². The van der Waals surface area contributed by atoms with Gasteiger partial charge in [-0.2, -0.15) is 5.10 Å². The van der Waals surface area contributed by atoms with Gasteiger partial charge in [0.2, 0.25) is 5.91 Å². The Bertz CT molecular complexity index is 988. The minimum absolute atomic E-state index is 0.00136. The molecule has 1 spiro atoms. The average molecular weight is 409 g/mol. The number of rotatable bonds is 5. The third-order valence-electron chi connectivity index (χ3n) is 6.12. The lowest BCUT2D eigenvalue weighted by molar-refractivity contribution is -0.130. The lowest BCUT2D eigenvalue weighted by Crippen LogP contribution is -2.50. The molecule has 8 heteroatoms. The number of nitrogens with zero attached hydrogens (tertiary/aromatic N) is 2. The molecule has 2 heterocycles. The first kappa shape index (κ1) is 20.1. The van der Waals surface area contributed by atoms with Crippen LogP contribution >= 0.6 is 0 Å². The van der Waals surface area contributed by atoms with Crippen LogP contribution in [-0.4, -0.2) is 33.2 Å². The summed E-state index contributed by atoms with van der Waals surface area (Å²) in [6.45, 7) is 5.18. The van der Waals surface area contributed by atoms with Crippen LogP contribution in [0.5, 0.6) is 0 Å². The van der Waals surface area contributed by atoms with Crippen molar-refractivity contribution in [1.82, 2.24) is 25.7 Å². The summed E-state index contributed by atoms with van der Waals surface area (Å²) in [5.74, 6) is -0.414. The number of benzene rings is 1. The first-order valence-corrected chi connectivity index (χ1v) is 10.3. The monoisotopic (exact) mass is 409 g/mol. The summed E-state index contributed by atoms with van der Waals surface area (Å²) in [5, 5.41) is 12.6. The molecule has 0 bridgehead atoms. The average Bonchev–Trinajstić information content (AvgIpc) is 3.17. The van der Waals surface area contributed by atoms with Crippen molar-refractivity contribution in [3.05, 3.63) is 52.8 Å². The molecule has 0 atom stereocenters. The number of nitrogens with one attached hydrogen (secondary N) is 3.